The van der Waals surface area contributed by atoms with Crippen molar-refractivity contribution in [3.63, 3.8) is 0 Å². The second-order valence-electron chi connectivity index (χ2n) is 28.0. The van der Waals surface area contributed by atoms with Crippen molar-refractivity contribution < 1.29 is 156 Å². The van der Waals surface area contributed by atoms with Gasteiger partial charge in [-0.15, -0.1) is 0 Å². The van der Waals surface area contributed by atoms with Crippen molar-refractivity contribution in [2.45, 2.75) is 48.3 Å². The summed E-state index contributed by atoms with van der Waals surface area (Å²) in [5.41, 5.74) is -1.72. The largest absolute Gasteiger partial charge is 0.484 e. The number of nitrogens with one attached hydrogen (secondary N) is 4. The fourth-order valence-electron chi connectivity index (χ4n) is 14.0. The lowest BCUT2D eigenvalue weighted by molar-refractivity contribution is -0.141. The Balaban J connectivity index is 0.000000219. The van der Waals surface area contributed by atoms with Crippen molar-refractivity contribution in [3.8, 4) is 23.0 Å². The minimum atomic E-state index is -1.78. The molecule has 8 atom stereocenters. The molecule has 0 radical (unpaired) electrons. The molecular weight excluding hydrogens is 1840 g/mol. The first kappa shape index (κ1) is 92.7. The normalized spacial score (nSPS) is 21.6. The zero-order chi connectivity index (χ0) is 92.0. The summed E-state index contributed by atoms with van der Waals surface area (Å²) in [6.45, 7) is -2.38. The van der Waals surface area contributed by atoms with E-state index < -0.39 is 216 Å². The van der Waals surface area contributed by atoms with Crippen LogP contribution in [0.4, 0.5) is 0 Å². The molecule has 8 aromatic carbocycles. The number of carbonyl (C=O) groups excluding carboxylic acids is 12. The number of hydrogen-bond acceptors (Lipinski definition) is 32. The molecule has 0 aliphatic carbocycles. The Labute approximate surface area is 749 Å². The number of nitrogens with zero attached hydrogens (tertiary/aromatic N) is 4. The first-order valence-electron chi connectivity index (χ1n) is 37.4. The van der Waals surface area contributed by atoms with E-state index >= 15 is 0 Å². The maximum atomic E-state index is 14.0. The molecule has 40 nitrogen and oxygen atoms in total. The van der Waals surface area contributed by atoms with Gasteiger partial charge in [0, 0.05) is 123 Å². The van der Waals surface area contributed by atoms with Gasteiger partial charge in [0.1, 0.15) is 71.3 Å². The molecule has 12 amide bonds. The molecule has 20 heterocycles. The van der Waals surface area contributed by atoms with Gasteiger partial charge in [-0.25, -0.2) is 38.4 Å². The monoisotopic (exact) mass is 1900 g/mol. The van der Waals surface area contributed by atoms with Crippen LogP contribution in [0, 0.1) is 0 Å². The fraction of sp³-hybridized carbons (Fsp3) is 0.250. The molecular formula is C80H64N8O32S8. The van der Waals surface area contributed by atoms with Crippen LogP contribution in [0.15, 0.2) is 121 Å². The summed E-state index contributed by atoms with van der Waals surface area (Å²) in [4.78, 5) is 264. The first-order valence-corrected chi connectivity index (χ1v) is 47.3. The Morgan fingerprint density at radius 1 is 0.266 bits per heavy atom. The van der Waals surface area contributed by atoms with E-state index in [1.54, 1.807) is 60.7 Å². The van der Waals surface area contributed by atoms with Crippen LogP contribution < -0.4 is 40.2 Å². The average molecular weight is 1910 g/mol. The van der Waals surface area contributed by atoms with Crippen LogP contribution in [-0.2, 0) is 57.5 Å². The number of aliphatic carboxylic acids is 8. The highest BCUT2D eigenvalue weighted by Crippen LogP contribution is 2.44. The Morgan fingerprint density at radius 3 is 0.688 bits per heavy atom. The van der Waals surface area contributed by atoms with Gasteiger partial charge in [-0.1, -0.05) is 111 Å². The molecule has 0 aromatic heterocycles. The Kier molecular flexibility index (Phi) is 28.9. The van der Waals surface area contributed by atoms with E-state index in [2.05, 4.69) is 21.3 Å². The number of carboxylic acids is 8. The SMILES string of the molecule is O=C1COc2ccc3c(cccc3c2)OCC(=O)N[C@H](C(=O)O)CSSC[C@@H](C(=O)O)N2C(=O)c3ccc4c5c(ccc(c35)C2=O)C(=O)N(C4=O)[C@H](C(=O)O)CSSC[C@@H](C(=O)O)N1.O=C1COc2ccc3c(cccc3c2)OCC(=O)N[C@H](C(=O)O)CSSC[C@@H](C(=O)O)N2C(=O)c3ccc4c5c(ccc(c35)C2=O)C(=O)N(C4=O)[C@H](C(=O)O)CSSC[C@@H](C(=O)O)N1. The van der Waals surface area contributed by atoms with Crippen molar-refractivity contribution in [2.75, 3.05) is 72.5 Å². The lowest BCUT2D eigenvalue weighted by Crippen LogP contribution is -2.53. The van der Waals surface area contributed by atoms with Crippen LogP contribution in [0.1, 0.15) is 82.9 Å². The van der Waals surface area contributed by atoms with Gasteiger partial charge in [0.2, 0.25) is 0 Å². The molecule has 0 unspecified atom stereocenters. The van der Waals surface area contributed by atoms with Crippen LogP contribution in [0.3, 0.4) is 0 Å². The topological polar surface area (TPSA) is 601 Å². The molecule has 0 spiro atoms. The van der Waals surface area contributed by atoms with Crippen LogP contribution in [0.25, 0.3) is 43.1 Å². The number of ether oxygens (including phenoxy) is 4. The van der Waals surface area contributed by atoms with Crippen molar-refractivity contribution in [1.82, 2.24) is 40.9 Å². The number of amides is 12. The Morgan fingerprint density at radius 2 is 0.477 bits per heavy atom. The predicted molar refractivity (Wildman–Crippen MR) is 463 cm³/mol. The van der Waals surface area contributed by atoms with Crippen molar-refractivity contribution in [2.24, 2.45) is 0 Å². The summed E-state index contributed by atoms with van der Waals surface area (Å²) < 4.78 is 22.6. The highest BCUT2D eigenvalue weighted by atomic mass is 33.1. The van der Waals surface area contributed by atoms with Crippen molar-refractivity contribution in [1.29, 1.82) is 0 Å². The number of benzene rings is 8. The second-order valence-corrected chi connectivity index (χ2v) is 38.2. The molecule has 664 valence electrons. The Hall–Kier alpha value is -13.0. The number of rotatable bonds is 8. The standard InChI is InChI=1S/2C40H32N4O16S4/c2*45-29-11-59-18-4-5-19-17(10-18)2-1-3-28(19)60-12-30(46)42-25(38(53)54)14-62-64-16-27(40(57)58)44-35(49)22-8-6-20-31-21(7-9-23(32(22)31)36(44)50)34(48)43(33(20)47)26(39(55)56)15-63-61-13-24(41-29)37(51)52/h2*1-10,24-27H,11-16H2,(H,41,45)(H,42,46)(H,51,52)(H,53,54)(H,55,56)(H,57,58)/t2*24-,25-,26-,27-/m00/s1. The van der Waals surface area contributed by atoms with E-state index in [1.807, 2.05) is 0 Å². The number of imide groups is 4. The summed E-state index contributed by atoms with van der Waals surface area (Å²) in [6, 6.07) is 15.3. The summed E-state index contributed by atoms with van der Waals surface area (Å²) >= 11 is 0. The maximum absolute atomic E-state index is 14.0. The molecule has 0 saturated heterocycles. The van der Waals surface area contributed by atoms with E-state index in [4.69, 9.17) is 18.9 Å². The van der Waals surface area contributed by atoms with E-state index in [0.29, 0.717) is 41.1 Å². The average Bonchev–Trinajstić information content (AvgIpc) is 0.710. The molecule has 24 bridgehead atoms. The van der Waals surface area contributed by atoms with E-state index in [-0.39, 0.29) is 112 Å². The van der Waals surface area contributed by atoms with E-state index in [0.717, 1.165) is 135 Å². The van der Waals surface area contributed by atoms with Gasteiger partial charge in [0.05, 0.1) is 0 Å². The van der Waals surface area contributed by atoms with Crippen molar-refractivity contribution >= 4 is 248 Å². The first-order chi connectivity index (χ1) is 61.1. The third-order valence-electron chi connectivity index (χ3n) is 20.1. The number of carbonyl (C=O) groups is 20. The van der Waals surface area contributed by atoms with Gasteiger partial charge in [-0.2, -0.15) is 0 Å². The molecule has 0 saturated carbocycles. The highest BCUT2D eigenvalue weighted by Gasteiger charge is 2.49. The lowest BCUT2D eigenvalue weighted by atomic mass is 9.85. The van der Waals surface area contributed by atoms with Gasteiger partial charge in [-0.05, 0) is 108 Å². The van der Waals surface area contributed by atoms with Gasteiger partial charge >= 0.3 is 47.8 Å². The molecule has 8 aromatic rings. The molecule has 12 N–H and O–H groups in total. The van der Waals surface area contributed by atoms with Gasteiger partial charge in [0.25, 0.3) is 70.9 Å². The van der Waals surface area contributed by atoms with Crippen LogP contribution in [-0.4, -0.2) is 300 Å². The molecule has 128 heavy (non-hydrogen) atoms. The van der Waals surface area contributed by atoms with Gasteiger partial charge in [-0.3, -0.25) is 77.1 Å². The molecule has 20 aliphatic rings. The van der Waals surface area contributed by atoms with E-state index in [9.17, 15) is 137 Å². The predicted octanol–water partition coefficient (Wildman–Crippen LogP) is 4.93. The summed E-state index contributed by atoms with van der Waals surface area (Å²) in [6.07, 6.45) is 0. The van der Waals surface area contributed by atoms with E-state index in [1.165, 1.54) is 12.1 Å². The maximum Gasteiger partial charge on any atom is 0.327 e. The summed E-state index contributed by atoms with van der Waals surface area (Å²) in [5.74, 6) is -25.5. The molecule has 20 aliphatic heterocycles. The number of hydrogen-bond donors (Lipinski definition) is 12. The van der Waals surface area contributed by atoms with Crippen LogP contribution in [0.5, 0.6) is 23.0 Å². The quantitative estimate of drug-likeness (QED) is 0.0708. The minimum absolute atomic E-state index is 0.114. The molecule has 28 rings (SSSR count). The zero-order valence-electron chi connectivity index (χ0n) is 65.1. The van der Waals surface area contributed by atoms with Crippen molar-refractivity contribution in [3.05, 3.63) is 166 Å². The summed E-state index contributed by atoms with van der Waals surface area (Å²) in [7, 11) is 6.74. The van der Waals surface area contributed by atoms with Crippen LogP contribution >= 0.6 is 86.4 Å². The Bertz CT molecular complexity index is 5620. The van der Waals surface area contributed by atoms with Gasteiger partial charge < -0.3 is 81.1 Å². The summed E-state index contributed by atoms with van der Waals surface area (Å²) in [5, 5.41) is 91.2. The van der Waals surface area contributed by atoms with Gasteiger partial charge in [0.15, 0.2) is 26.4 Å². The fourth-order valence-corrected chi connectivity index (χ4v) is 23.4. The third kappa shape index (κ3) is 19.6. The molecule has 0 fully saturated rings. The zero-order valence-corrected chi connectivity index (χ0v) is 71.6. The second kappa shape index (κ2) is 39.9. The number of carboxylic acid groups (broad SMARTS) is 8. The lowest BCUT2D eigenvalue weighted by Gasteiger charge is -2.35. The third-order valence-corrected chi connectivity index (χ3v) is 29.7. The minimum Gasteiger partial charge on any atom is -0.484 e. The molecule has 48 heteroatoms. The smallest absolute Gasteiger partial charge is 0.327 e. The highest BCUT2D eigenvalue weighted by molar-refractivity contribution is 8.77. The van der Waals surface area contributed by atoms with Crippen LogP contribution in [0.2, 0.25) is 0 Å².